The van der Waals surface area contributed by atoms with E-state index in [1.807, 2.05) is 0 Å². The fraction of sp³-hybridized carbons (Fsp3) is 0.176. The van der Waals surface area contributed by atoms with E-state index in [9.17, 15) is 27.9 Å². The second kappa shape index (κ2) is 6.21. The number of nitrogens with zero attached hydrogens (tertiary/aromatic N) is 1. The number of rotatable bonds is 3. The minimum Gasteiger partial charge on any atom is -0.387 e. The zero-order valence-electron chi connectivity index (χ0n) is 12.7. The molecule has 0 amide bonds. The summed E-state index contributed by atoms with van der Waals surface area (Å²) in [6, 6.07) is 10.8. The predicted molar refractivity (Wildman–Crippen MR) is 85.2 cm³/mol. The van der Waals surface area contributed by atoms with E-state index in [0.717, 1.165) is 12.1 Å². The van der Waals surface area contributed by atoms with Gasteiger partial charge in [-0.2, -0.15) is 13.2 Å². The summed E-state index contributed by atoms with van der Waals surface area (Å²) in [7, 11) is 0. The second-order valence-electron chi connectivity index (χ2n) is 5.49. The lowest BCUT2D eigenvalue weighted by atomic mass is 10.0. The monoisotopic (exact) mass is 350 g/mol. The van der Waals surface area contributed by atoms with E-state index in [-0.39, 0.29) is 5.39 Å². The van der Waals surface area contributed by atoms with E-state index in [1.54, 1.807) is 12.1 Å². The average Bonchev–Trinajstić information content (AvgIpc) is 2.57. The van der Waals surface area contributed by atoms with Gasteiger partial charge in [-0.1, -0.05) is 30.3 Å². The third kappa shape index (κ3) is 3.20. The van der Waals surface area contributed by atoms with E-state index in [0.29, 0.717) is 10.1 Å². The molecular weight excluding hydrogens is 337 g/mol. The van der Waals surface area contributed by atoms with E-state index < -0.39 is 41.2 Å². The quantitative estimate of drug-likeness (QED) is 0.762. The second-order valence-corrected chi connectivity index (χ2v) is 5.49. The van der Waals surface area contributed by atoms with Crippen LogP contribution in [-0.2, 0) is 12.7 Å². The van der Waals surface area contributed by atoms with Gasteiger partial charge in [0.05, 0.1) is 29.1 Å². The van der Waals surface area contributed by atoms with Crippen molar-refractivity contribution in [1.29, 1.82) is 0 Å². The number of nitrogens with one attached hydrogen (secondary N) is 1. The minimum atomic E-state index is -4.65. The molecule has 25 heavy (non-hydrogen) atoms. The normalized spacial score (nSPS) is 13.1. The molecule has 1 heterocycles. The Bertz CT molecular complexity index is 1040. The summed E-state index contributed by atoms with van der Waals surface area (Å²) in [5, 5.41) is 10.4. The Morgan fingerprint density at radius 2 is 1.68 bits per heavy atom. The van der Waals surface area contributed by atoms with Gasteiger partial charge in [0.1, 0.15) is 0 Å². The highest BCUT2D eigenvalue weighted by atomic mass is 19.4. The van der Waals surface area contributed by atoms with Crippen LogP contribution in [0.1, 0.15) is 17.2 Å². The number of aromatic amines is 1. The number of halogens is 3. The third-order valence-corrected chi connectivity index (χ3v) is 3.87. The molecule has 130 valence electrons. The zero-order valence-corrected chi connectivity index (χ0v) is 12.7. The standard InChI is InChI=1S/C17H13F3N2O3/c18-17(19,20)12-7-3-1-5-10(12)14(23)9-22-15(24)11-6-2-4-8-13(11)21-16(22)25/h1-8,14,23H,9H2,(H,21,25)/t14-/m0/s1. The van der Waals surface area contributed by atoms with Gasteiger partial charge in [-0.15, -0.1) is 0 Å². The van der Waals surface area contributed by atoms with Crippen molar-refractivity contribution in [3.05, 3.63) is 80.5 Å². The van der Waals surface area contributed by atoms with Crippen molar-refractivity contribution in [2.45, 2.75) is 18.8 Å². The molecular formula is C17H13F3N2O3. The molecule has 0 unspecified atom stereocenters. The molecule has 1 atom stereocenters. The van der Waals surface area contributed by atoms with Gasteiger partial charge >= 0.3 is 11.9 Å². The molecule has 0 saturated heterocycles. The van der Waals surface area contributed by atoms with Crippen LogP contribution >= 0.6 is 0 Å². The number of aliphatic hydroxyl groups is 1. The van der Waals surface area contributed by atoms with Crippen molar-refractivity contribution >= 4 is 10.9 Å². The Labute approximate surface area is 139 Å². The third-order valence-electron chi connectivity index (χ3n) is 3.87. The molecule has 0 saturated carbocycles. The lowest BCUT2D eigenvalue weighted by Crippen LogP contribution is -2.37. The minimum absolute atomic E-state index is 0.207. The van der Waals surface area contributed by atoms with Crippen LogP contribution in [0.4, 0.5) is 13.2 Å². The Morgan fingerprint density at radius 1 is 1.04 bits per heavy atom. The molecule has 2 N–H and O–H groups in total. The number of hydrogen-bond donors (Lipinski definition) is 2. The molecule has 0 aliphatic heterocycles. The molecule has 0 bridgehead atoms. The fourth-order valence-electron chi connectivity index (χ4n) is 2.68. The molecule has 5 nitrogen and oxygen atoms in total. The highest BCUT2D eigenvalue weighted by Crippen LogP contribution is 2.34. The highest BCUT2D eigenvalue weighted by Gasteiger charge is 2.34. The number of aromatic nitrogens is 2. The van der Waals surface area contributed by atoms with Gasteiger partial charge in [0, 0.05) is 0 Å². The van der Waals surface area contributed by atoms with Crippen LogP contribution in [-0.4, -0.2) is 14.7 Å². The molecule has 3 rings (SSSR count). The molecule has 0 aliphatic rings. The summed E-state index contributed by atoms with van der Waals surface area (Å²) in [6.07, 6.45) is -6.32. The van der Waals surface area contributed by atoms with Crippen molar-refractivity contribution in [1.82, 2.24) is 9.55 Å². The maximum Gasteiger partial charge on any atom is 0.416 e. The molecule has 1 aromatic heterocycles. The maximum atomic E-state index is 13.1. The predicted octanol–water partition coefficient (Wildman–Crippen LogP) is 2.44. The van der Waals surface area contributed by atoms with Crippen molar-refractivity contribution in [2.24, 2.45) is 0 Å². The first kappa shape index (κ1) is 17.0. The van der Waals surface area contributed by atoms with Crippen molar-refractivity contribution in [2.75, 3.05) is 0 Å². The first-order valence-corrected chi connectivity index (χ1v) is 7.35. The zero-order chi connectivity index (χ0) is 18.2. The lowest BCUT2D eigenvalue weighted by molar-refractivity contribution is -0.139. The van der Waals surface area contributed by atoms with Crippen LogP contribution in [0, 0.1) is 0 Å². The van der Waals surface area contributed by atoms with Crippen LogP contribution in [0.5, 0.6) is 0 Å². The number of aliphatic hydroxyl groups excluding tert-OH is 1. The van der Waals surface area contributed by atoms with Crippen molar-refractivity contribution in [3.63, 3.8) is 0 Å². The van der Waals surface area contributed by atoms with E-state index in [2.05, 4.69) is 4.98 Å². The Morgan fingerprint density at radius 3 is 2.40 bits per heavy atom. The molecule has 0 spiro atoms. The van der Waals surface area contributed by atoms with Gasteiger partial charge in [0.15, 0.2) is 0 Å². The van der Waals surface area contributed by atoms with Crippen LogP contribution in [0.25, 0.3) is 10.9 Å². The number of H-pyrrole nitrogens is 1. The van der Waals surface area contributed by atoms with Gasteiger partial charge in [0.25, 0.3) is 5.56 Å². The van der Waals surface area contributed by atoms with Gasteiger partial charge < -0.3 is 10.1 Å². The Hall–Kier alpha value is -2.87. The Balaban J connectivity index is 2.06. The van der Waals surface area contributed by atoms with Crippen LogP contribution < -0.4 is 11.2 Å². The van der Waals surface area contributed by atoms with Crippen LogP contribution in [0.15, 0.2) is 58.1 Å². The summed E-state index contributed by atoms with van der Waals surface area (Å²) in [6.45, 7) is -0.591. The maximum absolute atomic E-state index is 13.1. The first-order valence-electron chi connectivity index (χ1n) is 7.35. The Kier molecular flexibility index (Phi) is 4.22. The van der Waals surface area contributed by atoms with Gasteiger partial charge in [-0.3, -0.25) is 9.36 Å². The smallest absolute Gasteiger partial charge is 0.387 e. The lowest BCUT2D eigenvalue weighted by Gasteiger charge is -2.18. The summed E-state index contributed by atoms with van der Waals surface area (Å²) < 4.78 is 39.9. The van der Waals surface area contributed by atoms with E-state index in [1.165, 1.54) is 24.3 Å². The number of alkyl halides is 3. The summed E-state index contributed by atoms with van der Waals surface area (Å²) in [4.78, 5) is 27.0. The van der Waals surface area contributed by atoms with E-state index >= 15 is 0 Å². The van der Waals surface area contributed by atoms with Crippen LogP contribution in [0.2, 0.25) is 0 Å². The summed E-state index contributed by atoms with van der Waals surface area (Å²) >= 11 is 0. The molecule has 0 aliphatic carbocycles. The van der Waals surface area contributed by atoms with Gasteiger partial charge in [-0.05, 0) is 23.8 Å². The number of benzene rings is 2. The molecule has 0 fully saturated rings. The average molecular weight is 350 g/mol. The van der Waals surface area contributed by atoms with Crippen molar-refractivity contribution in [3.8, 4) is 0 Å². The molecule has 2 aromatic carbocycles. The number of hydrogen-bond acceptors (Lipinski definition) is 3. The summed E-state index contributed by atoms with van der Waals surface area (Å²) in [5.74, 6) is 0. The molecule has 8 heteroatoms. The topological polar surface area (TPSA) is 75.1 Å². The molecule has 0 radical (unpaired) electrons. The van der Waals surface area contributed by atoms with Gasteiger partial charge in [-0.25, -0.2) is 4.79 Å². The highest BCUT2D eigenvalue weighted by molar-refractivity contribution is 5.76. The van der Waals surface area contributed by atoms with Crippen LogP contribution in [0.3, 0.4) is 0 Å². The fourth-order valence-corrected chi connectivity index (χ4v) is 2.68. The van der Waals surface area contributed by atoms with E-state index in [4.69, 9.17) is 0 Å². The number of fused-ring (bicyclic) bond motifs is 1. The van der Waals surface area contributed by atoms with Crippen molar-refractivity contribution < 1.29 is 18.3 Å². The van der Waals surface area contributed by atoms with Gasteiger partial charge in [0.2, 0.25) is 0 Å². The molecule has 3 aromatic rings. The summed E-state index contributed by atoms with van der Waals surface area (Å²) in [5.41, 5.74) is -2.56. The SMILES string of the molecule is O=c1[nH]c2ccccc2c(=O)n1C[C@H](O)c1ccccc1C(F)(F)F. The largest absolute Gasteiger partial charge is 0.416 e. The first-order chi connectivity index (χ1) is 11.8. The number of para-hydroxylation sites is 1.